The molecule has 0 spiro atoms. The third-order valence-electron chi connectivity index (χ3n) is 6.39. The molecule has 2 heterocycles. The van der Waals surface area contributed by atoms with Gasteiger partial charge in [-0.25, -0.2) is 13.4 Å². The number of nitrogens with zero attached hydrogens (tertiary/aromatic N) is 3. The summed E-state index contributed by atoms with van der Waals surface area (Å²) in [5, 5.41) is 2.70. The number of rotatable bonds is 11. The van der Waals surface area contributed by atoms with Gasteiger partial charge in [-0.3, -0.25) is 9.59 Å². The second-order valence-corrected chi connectivity index (χ2v) is 11.2. The van der Waals surface area contributed by atoms with Gasteiger partial charge in [0.15, 0.2) is 6.61 Å². The summed E-state index contributed by atoms with van der Waals surface area (Å²) in [5.41, 5.74) is 3.10. The molecule has 4 rings (SSSR count). The molecule has 10 nitrogen and oxygen atoms in total. The van der Waals surface area contributed by atoms with Crippen molar-refractivity contribution < 1.29 is 27.5 Å². The molecule has 38 heavy (non-hydrogen) atoms. The molecule has 0 saturated carbocycles. The average molecular weight is 543 g/mol. The van der Waals surface area contributed by atoms with Gasteiger partial charge in [0.25, 0.3) is 5.91 Å². The first kappa shape index (κ1) is 27.7. The van der Waals surface area contributed by atoms with Crippen molar-refractivity contribution >= 4 is 38.6 Å². The van der Waals surface area contributed by atoms with Crippen LogP contribution in [0.4, 0.5) is 5.69 Å². The number of unbranched alkanes of at least 4 members (excludes halogenated alkanes) is 1. The number of anilines is 1. The Morgan fingerprint density at radius 2 is 1.84 bits per heavy atom. The number of nitrogens with one attached hydrogen (secondary N) is 1. The quantitative estimate of drug-likeness (QED) is 0.369. The highest BCUT2D eigenvalue weighted by Crippen LogP contribution is 2.24. The van der Waals surface area contributed by atoms with E-state index in [-0.39, 0.29) is 17.9 Å². The monoisotopic (exact) mass is 542 g/mol. The van der Waals surface area contributed by atoms with E-state index in [4.69, 9.17) is 9.47 Å². The zero-order valence-electron chi connectivity index (χ0n) is 21.8. The van der Waals surface area contributed by atoms with Gasteiger partial charge in [-0.05, 0) is 43.7 Å². The summed E-state index contributed by atoms with van der Waals surface area (Å²) in [6, 6.07) is 12.3. The summed E-state index contributed by atoms with van der Waals surface area (Å²) in [5.74, 6) is -0.240. The minimum Gasteiger partial charge on any atom is -0.456 e. The molecule has 1 saturated heterocycles. The molecule has 1 aliphatic heterocycles. The van der Waals surface area contributed by atoms with E-state index in [2.05, 4.69) is 17.2 Å². The van der Waals surface area contributed by atoms with Crippen LogP contribution in [-0.2, 0) is 42.1 Å². The van der Waals surface area contributed by atoms with Crippen LogP contribution < -0.4 is 5.32 Å². The van der Waals surface area contributed by atoms with Gasteiger partial charge in [-0.15, -0.1) is 0 Å². The molecule has 0 bridgehead atoms. The molecular weight excluding hydrogens is 508 g/mol. The number of fused-ring (bicyclic) bond motifs is 1. The first-order valence-corrected chi connectivity index (χ1v) is 14.3. The zero-order valence-corrected chi connectivity index (χ0v) is 22.6. The van der Waals surface area contributed by atoms with E-state index in [1.165, 1.54) is 4.31 Å². The lowest BCUT2D eigenvalue weighted by molar-refractivity contribution is -0.147. The van der Waals surface area contributed by atoms with Gasteiger partial charge in [0, 0.05) is 31.7 Å². The van der Waals surface area contributed by atoms with Gasteiger partial charge in [0.2, 0.25) is 10.0 Å². The standard InChI is InChI=1S/C27H34N4O6S/c1-3-4-13-31-24-10-9-22(38(34,35)30-14-16-36-17-15-30)18-23(24)29-25(31)11-12-27(33)37-19-26(32)28-21-7-5-20(2)6-8-21/h5-10,18H,3-4,11-17,19H2,1-2H3,(H,28,32). The number of imidazole rings is 1. The topological polar surface area (TPSA) is 120 Å². The van der Waals surface area contributed by atoms with Crippen LogP contribution in [0, 0.1) is 6.92 Å². The normalized spacial score (nSPS) is 14.5. The van der Waals surface area contributed by atoms with Gasteiger partial charge < -0.3 is 19.4 Å². The van der Waals surface area contributed by atoms with Crippen LogP contribution in [0.25, 0.3) is 11.0 Å². The molecule has 0 atom stereocenters. The van der Waals surface area contributed by atoms with Crippen LogP contribution in [0.5, 0.6) is 0 Å². The molecule has 0 radical (unpaired) electrons. The van der Waals surface area contributed by atoms with Crippen LogP contribution in [0.2, 0.25) is 0 Å². The second-order valence-electron chi connectivity index (χ2n) is 9.28. The van der Waals surface area contributed by atoms with Gasteiger partial charge in [-0.2, -0.15) is 4.31 Å². The highest BCUT2D eigenvalue weighted by atomic mass is 32.2. The lowest BCUT2D eigenvalue weighted by atomic mass is 10.2. The third kappa shape index (κ3) is 6.77. The molecular formula is C27H34N4O6S. The number of sulfonamides is 1. The van der Waals surface area contributed by atoms with Gasteiger partial charge in [0.1, 0.15) is 5.82 Å². The first-order valence-electron chi connectivity index (χ1n) is 12.9. The van der Waals surface area contributed by atoms with Crippen molar-refractivity contribution in [3.63, 3.8) is 0 Å². The number of aryl methyl sites for hydroxylation is 3. The highest BCUT2D eigenvalue weighted by Gasteiger charge is 2.27. The van der Waals surface area contributed by atoms with Crippen LogP contribution >= 0.6 is 0 Å². The number of hydrogen-bond donors (Lipinski definition) is 1. The van der Waals surface area contributed by atoms with E-state index in [1.54, 1.807) is 30.3 Å². The number of carbonyl (C=O) groups is 2. The van der Waals surface area contributed by atoms with E-state index < -0.39 is 21.9 Å². The number of carbonyl (C=O) groups excluding carboxylic acids is 2. The maximum Gasteiger partial charge on any atom is 0.306 e. The Balaban J connectivity index is 1.42. The molecule has 1 aromatic heterocycles. The predicted molar refractivity (Wildman–Crippen MR) is 143 cm³/mol. The van der Waals surface area contributed by atoms with Crippen molar-refractivity contribution in [2.24, 2.45) is 0 Å². The number of ether oxygens (including phenoxy) is 2. The molecule has 11 heteroatoms. The molecule has 3 aromatic rings. The Labute approximate surface area is 223 Å². The minimum atomic E-state index is -3.65. The molecule has 204 valence electrons. The Hall–Kier alpha value is -3.28. The number of benzene rings is 2. The third-order valence-corrected chi connectivity index (χ3v) is 8.29. The fourth-order valence-electron chi connectivity index (χ4n) is 4.28. The maximum absolute atomic E-state index is 13.1. The van der Waals surface area contributed by atoms with Crippen LogP contribution in [0.15, 0.2) is 47.4 Å². The van der Waals surface area contributed by atoms with Crippen molar-refractivity contribution in [3.8, 4) is 0 Å². The zero-order chi connectivity index (χ0) is 27.1. The Morgan fingerprint density at radius 1 is 1.11 bits per heavy atom. The number of amides is 1. The fourth-order valence-corrected chi connectivity index (χ4v) is 5.71. The van der Waals surface area contributed by atoms with E-state index in [9.17, 15) is 18.0 Å². The first-order chi connectivity index (χ1) is 18.3. The smallest absolute Gasteiger partial charge is 0.306 e. The summed E-state index contributed by atoms with van der Waals surface area (Å²) in [7, 11) is -3.65. The van der Waals surface area contributed by atoms with E-state index in [1.807, 2.05) is 23.6 Å². The largest absolute Gasteiger partial charge is 0.456 e. The summed E-state index contributed by atoms with van der Waals surface area (Å²) in [4.78, 5) is 29.4. The van der Waals surface area contributed by atoms with Crippen molar-refractivity contribution in [2.45, 2.75) is 51.0 Å². The SMILES string of the molecule is CCCCn1c(CCC(=O)OCC(=O)Nc2ccc(C)cc2)nc2cc(S(=O)(=O)N3CCOCC3)ccc21. The Kier molecular flexibility index (Phi) is 9.13. The average Bonchev–Trinajstić information content (AvgIpc) is 3.27. The number of morpholine rings is 1. The maximum atomic E-state index is 13.1. The van der Waals surface area contributed by atoms with Gasteiger partial charge in [-0.1, -0.05) is 31.0 Å². The summed E-state index contributed by atoms with van der Waals surface area (Å²) >= 11 is 0. The molecule has 0 aliphatic carbocycles. The van der Waals surface area contributed by atoms with Crippen molar-refractivity contribution in [2.75, 3.05) is 38.2 Å². The molecule has 0 unspecified atom stereocenters. The van der Waals surface area contributed by atoms with E-state index in [0.717, 1.165) is 23.9 Å². The lowest BCUT2D eigenvalue weighted by Gasteiger charge is -2.26. The molecule has 1 fully saturated rings. The summed E-state index contributed by atoms with van der Waals surface area (Å²) in [6.45, 7) is 5.76. The van der Waals surface area contributed by atoms with Crippen molar-refractivity contribution in [3.05, 3.63) is 53.9 Å². The number of hydrogen-bond acceptors (Lipinski definition) is 7. The summed E-state index contributed by atoms with van der Waals surface area (Å²) in [6.07, 6.45) is 2.24. The van der Waals surface area contributed by atoms with E-state index >= 15 is 0 Å². The van der Waals surface area contributed by atoms with Crippen molar-refractivity contribution in [1.82, 2.24) is 13.9 Å². The van der Waals surface area contributed by atoms with Gasteiger partial charge >= 0.3 is 5.97 Å². The van der Waals surface area contributed by atoms with E-state index in [0.29, 0.717) is 56.3 Å². The van der Waals surface area contributed by atoms with Crippen LogP contribution in [-0.4, -0.2) is 67.1 Å². The van der Waals surface area contributed by atoms with Gasteiger partial charge in [0.05, 0.1) is 35.6 Å². The second kappa shape index (κ2) is 12.5. The lowest BCUT2D eigenvalue weighted by Crippen LogP contribution is -2.40. The number of aromatic nitrogens is 2. The Bertz CT molecular complexity index is 1380. The summed E-state index contributed by atoms with van der Waals surface area (Å²) < 4.78 is 40.1. The highest BCUT2D eigenvalue weighted by molar-refractivity contribution is 7.89. The Morgan fingerprint density at radius 3 is 2.55 bits per heavy atom. The van der Waals surface area contributed by atoms with Crippen molar-refractivity contribution in [1.29, 1.82) is 0 Å². The number of esters is 1. The molecule has 1 N–H and O–H groups in total. The van der Waals surface area contributed by atoms with Crippen LogP contribution in [0.1, 0.15) is 37.6 Å². The minimum absolute atomic E-state index is 0.0478. The fraction of sp³-hybridized carbons (Fsp3) is 0.444. The molecule has 2 aromatic carbocycles. The molecule has 1 amide bonds. The van der Waals surface area contributed by atoms with Crippen LogP contribution in [0.3, 0.4) is 0 Å². The predicted octanol–water partition coefficient (Wildman–Crippen LogP) is 3.28. The molecule has 1 aliphatic rings.